The SMILES string of the molecule is [B][B]/C=C/[B]C. The lowest BCUT2D eigenvalue weighted by Gasteiger charge is -1.69. The standard InChI is InChI=1S/C3H5B3/c1-5-2-3-6-4/h2-3H,1H3/b3-2+. The highest BCUT2D eigenvalue weighted by atomic mass is 13.3. The van der Waals surface area contributed by atoms with Crippen LogP contribution in [0, 0.1) is 0 Å². The average Bonchev–Trinajstić information content (AvgIpc) is 1.61. The molecular formula is C3H5B3. The summed E-state index contributed by atoms with van der Waals surface area (Å²) in [5, 5.41) is 0. The highest BCUT2D eigenvalue weighted by Gasteiger charge is 1.64. The molecule has 0 aromatic heterocycles. The van der Waals surface area contributed by atoms with Gasteiger partial charge in [0.15, 0.2) is 0 Å². The van der Waals surface area contributed by atoms with Crippen molar-refractivity contribution in [1.82, 2.24) is 0 Å². The van der Waals surface area contributed by atoms with Crippen molar-refractivity contribution in [2.24, 2.45) is 0 Å². The van der Waals surface area contributed by atoms with E-state index in [1.807, 2.05) is 20.1 Å². The molecule has 0 saturated heterocycles. The third kappa shape index (κ3) is 3.93. The second-order valence-corrected chi connectivity index (χ2v) is 0.911. The normalized spacial score (nSPS) is 8.83. The summed E-state index contributed by atoms with van der Waals surface area (Å²) in [6, 6.07) is 0. The second kappa shape index (κ2) is 4.93. The van der Waals surface area contributed by atoms with Gasteiger partial charge in [-0.15, -0.1) is 12.0 Å². The van der Waals surface area contributed by atoms with E-state index in [1.165, 1.54) is 7.17 Å². The molecular weight excluding hydrogens is 68.5 g/mol. The number of hydrogen-bond acceptors (Lipinski definition) is 0. The van der Waals surface area contributed by atoms with Crippen molar-refractivity contribution in [3.05, 3.63) is 12.0 Å². The third-order valence-corrected chi connectivity index (χ3v) is 0.415. The van der Waals surface area contributed by atoms with Gasteiger partial charge >= 0.3 is 0 Å². The maximum atomic E-state index is 4.98. The number of rotatable bonds is 2. The Bertz CT molecular complexity index is 35.3. The largest absolute Gasteiger partial charge is 0.146 e. The molecule has 0 saturated carbocycles. The molecule has 26 valence electrons. The van der Waals surface area contributed by atoms with Gasteiger partial charge in [0.2, 0.25) is 0 Å². The minimum atomic E-state index is 1.50. The van der Waals surface area contributed by atoms with Gasteiger partial charge in [0.25, 0.3) is 0 Å². The van der Waals surface area contributed by atoms with Crippen LogP contribution in [-0.2, 0) is 0 Å². The van der Waals surface area contributed by atoms with Gasteiger partial charge in [-0.25, -0.2) is 0 Å². The monoisotopic (exact) mass is 74.1 g/mol. The highest BCUT2D eigenvalue weighted by Crippen LogP contribution is 1.60. The van der Waals surface area contributed by atoms with Gasteiger partial charge in [-0.05, 0) is 0 Å². The van der Waals surface area contributed by atoms with E-state index >= 15 is 0 Å². The molecule has 0 amide bonds. The summed E-state index contributed by atoms with van der Waals surface area (Å²) in [4.78, 5) is 0. The van der Waals surface area contributed by atoms with Crippen LogP contribution < -0.4 is 0 Å². The fourth-order valence-electron chi connectivity index (χ4n) is 0.175. The Morgan fingerprint density at radius 1 is 1.50 bits per heavy atom. The molecule has 0 aromatic rings. The molecule has 0 aliphatic carbocycles. The molecule has 0 spiro atoms. The zero-order valence-corrected chi connectivity index (χ0v) is 3.89. The Morgan fingerprint density at radius 3 is 2.33 bits per heavy atom. The van der Waals surface area contributed by atoms with Crippen LogP contribution in [0.25, 0.3) is 0 Å². The smallest absolute Gasteiger partial charge is 0.136 e. The van der Waals surface area contributed by atoms with E-state index in [1.54, 1.807) is 5.98 Å². The van der Waals surface area contributed by atoms with Crippen molar-refractivity contribution in [3.8, 4) is 0 Å². The molecule has 0 bridgehead atoms. The molecule has 0 fully saturated rings. The molecule has 4 radical (unpaired) electrons. The van der Waals surface area contributed by atoms with E-state index in [9.17, 15) is 0 Å². The predicted octanol–water partition coefficient (Wildman–Crippen LogP) is -0.00240. The maximum absolute atomic E-state index is 4.98. The van der Waals surface area contributed by atoms with Crippen LogP contribution in [0.1, 0.15) is 0 Å². The average molecular weight is 73.5 g/mol. The molecule has 3 heteroatoms. The van der Waals surface area contributed by atoms with Crippen molar-refractivity contribution in [2.45, 2.75) is 6.82 Å². The molecule has 0 rings (SSSR count). The Kier molecular flexibility index (Phi) is 4.88. The summed E-state index contributed by atoms with van der Waals surface area (Å²) in [5.41, 5.74) is 0. The Labute approximate surface area is 41.9 Å². The summed E-state index contributed by atoms with van der Waals surface area (Å²) >= 11 is 0. The topological polar surface area (TPSA) is 0 Å². The summed E-state index contributed by atoms with van der Waals surface area (Å²) in [7, 11) is 8.40. The first-order valence-electron chi connectivity index (χ1n) is 1.91. The summed E-state index contributed by atoms with van der Waals surface area (Å²) in [5.74, 6) is 3.65. The van der Waals surface area contributed by atoms with Crippen LogP contribution in [0.2, 0.25) is 6.82 Å². The van der Waals surface area contributed by atoms with Gasteiger partial charge < -0.3 is 0 Å². The van der Waals surface area contributed by atoms with Crippen LogP contribution in [0.5, 0.6) is 0 Å². The van der Waals surface area contributed by atoms with E-state index in [4.69, 9.17) is 7.74 Å². The Morgan fingerprint density at radius 2 is 2.17 bits per heavy atom. The summed E-state index contributed by atoms with van der Waals surface area (Å²) < 4.78 is 0. The van der Waals surface area contributed by atoms with Gasteiger partial charge in [-0.1, -0.05) is 6.82 Å². The van der Waals surface area contributed by atoms with Gasteiger partial charge in [-0.3, -0.25) is 0 Å². The lowest BCUT2D eigenvalue weighted by atomic mass is 9.54. The molecule has 0 heterocycles. The first-order chi connectivity index (χ1) is 2.91. The molecule has 6 heavy (non-hydrogen) atoms. The summed E-state index contributed by atoms with van der Waals surface area (Å²) in [6.07, 6.45) is 0. The van der Waals surface area contributed by atoms with Crippen molar-refractivity contribution in [3.63, 3.8) is 0 Å². The van der Waals surface area contributed by atoms with Gasteiger partial charge in [0, 0.05) is 7.74 Å². The molecule has 0 nitrogen and oxygen atoms in total. The highest BCUT2D eigenvalue weighted by molar-refractivity contribution is 6.92. The van der Waals surface area contributed by atoms with E-state index in [0.717, 1.165) is 0 Å². The molecule has 0 atom stereocenters. The third-order valence-electron chi connectivity index (χ3n) is 0.415. The molecule has 0 N–H and O–H groups in total. The van der Waals surface area contributed by atoms with E-state index in [2.05, 4.69) is 0 Å². The molecule has 0 unspecified atom stereocenters. The van der Waals surface area contributed by atoms with Crippen molar-refractivity contribution < 1.29 is 0 Å². The van der Waals surface area contributed by atoms with Crippen molar-refractivity contribution >= 4 is 22.2 Å². The van der Waals surface area contributed by atoms with Crippen LogP contribution in [-0.4, -0.2) is 22.2 Å². The zero-order chi connectivity index (χ0) is 4.83. The van der Waals surface area contributed by atoms with E-state index in [-0.39, 0.29) is 0 Å². The van der Waals surface area contributed by atoms with Crippen LogP contribution in [0.4, 0.5) is 0 Å². The Hall–Kier alpha value is -0.0652. The van der Waals surface area contributed by atoms with Crippen molar-refractivity contribution in [2.75, 3.05) is 0 Å². The predicted molar refractivity (Wildman–Crippen MR) is 32.3 cm³/mol. The van der Waals surface area contributed by atoms with E-state index in [0.29, 0.717) is 0 Å². The molecule has 0 aliphatic rings. The molecule has 0 aromatic carbocycles. The number of hydrogen-bond donors (Lipinski definition) is 0. The minimum Gasteiger partial charge on any atom is -0.146 e. The van der Waals surface area contributed by atoms with Gasteiger partial charge in [0.05, 0.1) is 7.17 Å². The van der Waals surface area contributed by atoms with Gasteiger partial charge in [0.1, 0.15) is 7.28 Å². The van der Waals surface area contributed by atoms with Gasteiger partial charge in [-0.2, -0.15) is 0 Å². The fraction of sp³-hybridized carbons (Fsp3) is 0.333. The van der Waals surface area contributed by atoms with Crippen LogP contribution in [0.15, 0.2) is 12.0 Å². The minimum absolute atomic E-state index is 1.50. The van der Waals surface area contributed by atoms with E-state index < -0.39 is 0 Å². The molecule has 0 aliphatic heterocycles. The fourth-order valence-corrected chi connectivity index (χ4v) is 0.175. The maximum Gasteiger partial charge on any atom is 0.136 e. The van der Waals surface area contributed by atoms with Crippen LogP contribution >= 0.6 is 0 Å². The lowest BCUT2D eigenvalue weighted by Crippen LogP contribution is -1.80. The first kappa shape index (κ1) is 5.93. The van der Waals surface area contributed by atoms with Crippen LogP contribution in [0.3, 0.4) is 0 Å². The Balaban J connectivity index is 2.73. The second-order valence-electron chi connectivity index (χ2n) is 0.911. The first-order valence-corrected chi connectivity index (χ1v) is 1.91. The lowest BCUT2D eigenvalue weighted by molar-refractivity contribution is 2.24. The summed E-state index contributed by atoms with van der Waals surface area (Å²) in [6.45, 7) is 1.94. The van der Waals surface area contributed by atoms with Crippen molar-refractivity contribution in [1.29, 1.82) is 0 Å². The quantitative estimate of drug-likeness (QED) is 0.404. The zero-order valence-electron chi connectivity index (χ0n) is 3.89.